The standard InChI is InChI=1S/C20H20N2OS/c1-2-10-22(19(23)17-12-14-8-9-16(17)11-14)20-21-18(13-24-20)15-6-4-3-5-7-15/h2-9,13-14,16-17H,1,10-12H2/t14-,16-,17-/m0/s1. The fourth-order valence-electron chi connectivity index (χ4n) is 3.79. The number of hydrogen-bond acceptors (Lipinski definition) is 3. The molecule has 2 aliphatic carbocycles. The van der Waals surface area contributed by atoms with Crippen molar-refractivity contribution in [3.05, 3.63) is 60.5 Å². The molecule has 2 bridgehead atoms. The molecule has 2 aliphatic rings. The first-order valence-corrected chi connectivity index (χ1v) is 9.26. The fourth-order valence-corrected chi connectivity index (χ4v) is 4.63. The molecule has 122 valence electrons. The lowest BCUT2D eigenvalue weighted by Gasteiger charge is -2.25. The molecular formula is C20H20N2OS. The summed E-state index contributed by atoms with van der Waals surface area (Å²) in [6, 6.07) is 10.1. The summed E-state index contributed by atoms with van der Waals surface area (Å²) >= 11 is 1.53. The highest BCUT2D eigenvalue weighted by Gasteiger charge is 2.42. The fraction of sp³-hybridized carbons (Fsp3) is 0.300. The Morgan fingerprint density at radius 3 is 2.79 bits per heavy atom. The number of hydrogen-bond donors (Lipinski definition) is 0. The molecule has 0 N–H and O–H groups in total. The molecular weight excluding hydrogens is 316 g/mol. The molecule has 1 saturated carbocycles. The Labute approximate surface area is 146 Å². The van der Waals surface area contributed by atoms with E-state index in [1.54, 1.807) is 6.08 Å². The molecule has 0 unspecified atom stereocenters. The smallest absolute Gasteiger partial charge is 0.232 e. The van der Waals surface area contributed by atoms with Gasteiger partial charge in [0.2, 0.25) is 5.91 Å². The number of amides is 1. The number of nitrogens with zero attached hydrogens (tertiary/aromatic N) is 2. The van der Waals surface area contributed by atoms with Gasteiger partial charge in [0.05, 0.1) is 5.69 Å². The van der Waals surface area contributed by atoms with Crippen molar-refractivity contribution in [3.63, 3.8) is 0 Å². The van der Waals surface area contributed by atoms with Crippen LogP contribution in [-0.4, -0.2) is 17.4 Å². The zero-order chi connectivity index (χ0) is 16.5. The molecule has 0 saturated heterocycles. The van der Waals surface area contributed by atoms with Crippen molar-refractivity contribution in [1.82, 2.24) is 4.98 Å². The molecule has 0 spiro atoms. The number of anilines is 1. The van der Waals surface area contributed by atoms with Crippen LogP contribution in [0.3, 0.4) is 0 Å². The summed E-state index contributed by atoms with van der Waals surface area (Å²) in [6.07, 6.45) is 8.38. The van der Waals surface area contributed by atoms with Crippen LogP contribution in [0.4, 0.5) is 5.13 Å². The summed E-state index contributed by atoms with van der Waals surface area (Å²) in [7, 11) is 0. The van der Waals surface area contributed by atoms with E-state index in [9.17, 15) is 4.79 Å². The molecule has 0 aliphatic heterocycles. The van der Waals surface area contributed by atoms with E-state index >= 15 is 0 Å². The Kier molecular flexibility index (Phi) is 4.07. The van der Waals surface area contributed by atoms with Crippen LogP contribution in [-0.2, 0) is 4.79 Å². The predicted molar refractivity (Wildman–Crippen MR) is 98.9 cm³/mol. The molecule has 1 aromatic carbocycles. The number of aromatic nitrogens is 1. The predicted octanol–water partition coefficient (Wildman–Crippen LogP) is 4.54. The van der Waals surface area contributed by atoms with E-state index in [0.717, 1.165) is 29.2 Å². The van der Waals surface area contributed by atoms with Gasteiger partial charge in [-0.05, 0) is 24.7 Å². The molecule has 4 heteroatoms. The maximum absolute atomic E-state index is 13.1. The van der Waals surface area contributed by atoms with Crippen LogP contribution in [0.1, 0.15) is 12.8 Å². The monoisotopic (exact) mass is 336 g/mol. The molecule has 1 amide bonds. The van der Waals surface area contributed by atoms with Gasteiger partial charge in [-0.1, -0.05) is 48.6 Å². The highest BCUT2D eigenvalue weighted by atomic mass is 32.1. The van der Waals surface area contributed by atoms with E-state index in [0.29, 0.717) is 18.4 Å². The van der Waals surface area contributed by atoms with E-state index in [2.05, 4.69) is 18.7 Å². The van der Waals surface area contributed by atoms with Crippen LogP contribution in [0, 0.1) is 17.8 Å². The molecule has 1 fully saturated rings. The Balaban J connectivity index is 1.59. The first kappa shape index (κ1) is 15.3. The van der Waals surface area contributed by atoms with Crippen molar-refractivity contribution >= 4 is 22.4 Å². The van der Waals surface area contributed by atoms with Crippen molar-refractivity contribution in [1.29, 1.82) is 0 Å². The van der Waals surface area contributed by atoms with Crippen LogP contribution >= 0.6 is 11.3 Å². The lowest BCUT2D eigenvalue weighted by atomic mass is 9.92. The van der Waals surface area contributed by atoms with Crippen molar-refractivity contribution in [2.75, 3.05) is 11.4 Å². The molecule has 3 nitrogen and oxygen atoms in total. The third kappa shape index (κ3) is 2.71. The second-order valence-corrected chi connectivity index (χ2v) is 7.34. The van der Waals surface area contributed by atoms with Gasteiger partial charge in [0.1, 0.15) is 0 Å². The summed E-state index contributed by atoms with van der Waals surface area (Å²) in [4.78, 5) is 19.6. The zero-order valence-corrected chi connectivity index (χ0v) is 14.3. The first-order valence-electron chi connectivity index (χ1n) is 8.38. The molecule has 1 aromatic heterocycles. The molecule has 2 aromatic rings. The summed E-state index contributed by atoms with van der Waals surface area (Å²) in [5.74, 6) is 1.29. The lowest BCUT2D eigenvalue weighted by Crippen LogP contribution is -2.38. The van der Waals surface area contributed by atoms with Gasteiger partial charge >= 0.3 is 0 Å². The number of thiazole rings is 1. The average molecular weight is 336 g/mol. The number of carbonyl (C=O) groups excluding carboxylic acids is 1. The summed E-state index contributed by atoms with van der Waals surface area (Å²) in [6.45, 7) is 4.33. The van der Waals surface area contributed by atoms with Gasteiger partial charge < -0.3 is 0 Å². The largest absolute Gasteiger partial charge is 0.284 e. The Morgan fingerprint density at radius 2 is 2.12 bits per heavy atom. The second kappa shape index (κ2) is 6.36. The van der Waals surface area contributed by atoms with Gasteiger partial charge in [0.25, 0.3) is 0 Å². The van der Waals surface area contributed by atoms with E-state index < -0.39 is 0 Å². The third-order valence-electron chi connectivity index (χ3n) is 4.97. The number of benzene rings is 1. The number of carbonyl (C=O) groups is 1. The summed E-state index contributed by atoms with van der Waals surface area (Å²) in [5, 5.41) is 2.79. The minimum absolute atomic E-state index is 0.101. The van der Waals surface area contributed by atoms with Crippen molar-refractivity contribution in [3.8, 4) is 11.3 Å². The number of allylic oxidation sites excluding steroid dienone is 2. The summed E-state index contributed by atoms with van der Waals surface area (Å²) in [5.41, 5.74) is 2.00. The van der Waals surface area contributed by atoms with E-state index in [1.165, 1.54) is 11.3 Å². The molecule has 4 rings (SSSR count). The van der Waals surface area contributed by atoms with Gasteiger partial charge in [0, 0.05) is 23.4 Å². The van der Waals surface area contributed by atoms with Crippen LogP contribution in [0.2, 0.25) is 0 Å². The molecule has 3 atom stereocenters. The normalized spacial score (nSPS) is 24.2. The zero-order valence-electron chi connectivity index (χ0n) is 13.5. The van der Waals surface area contributed by atoms with Gasteiger partial charge in [-0.3, -0.25) is 9.69 Å². The maximum atomic E-state index is 13.1. The van der Waals surface area contributed by atoms with E-state index in [4.69, 9.17) is 4.98 Å². The lowest BCUT2D eigenvalue weighted by molar-refractivity contribution is -0.123. The minimum Gasteiger partial charge on any atom is -0.284 e. The second-order valence-electron chi connectivity index (χ2n) is 6.51. The highest BCUT2D eigenvalue weighted by molar-refractivity contribution is 7.14. The van der Waals surface area contributed by atoms with E-state index in [1.807, 2.05) is 40.6 Å². The Hall–Kier alpha value is -2.20. The van der Waals surface area contributed by atoms with Gasteiger partial charge in [-0.15, -0.1) is 17.9 Å². The number of fused-ring (bicyclic) bond motifs is 2. The van der Waals surface area contributed by atoms with Crippen LogP contribution in [0.5, 0.6) is 0 Å². The minimum atomic E-state index is 0.101. The van der Waals surface area contributed by atoms with E-state index in [-0.39, 0.29) is 11.8 Å². The van der Waals surface area contributed by atoms with Gasteiger partial charge in [0.15, 0.2) is 5.13 Å². The SMILES string of the molecule is C=CCN(C(=O)[C@H]1C[C@H]2C=C[C@H]1C2)c1nc(-c2ccccc2)cs1. The first-order chi connectivity index (χ1) is 11.8. The summed E-state index contributed by atoms with van der Waals surface area (Å²) < 4.78 is 0. The number of rotatable bonds is 5. The average Bonchev–Trinajstić information content (AvgIpc) is 3.36. The van der Waals surface area contributed by atoms with Gasteiger partial charge in [-0.2, -0.15) is 0 Å². The van der Waals surface area contributed by atoms with Crippen molar-refractivity contribution in [2.24, 2.45) is 17.8 Å². The third-order valence-corrected chi connectivity index (χ3v) is 5.83. The van der Waals surface area contributed by atoms with Crippen LogP contribution in [0.25, 0.3) is 11.3 Å². The van der Waals surface area contributed by atoms with Crippen molar-refractivity contribution in [2.45, 2.75) is 12.8 Å². The molecule has 24 heavy (non-hydrogen) atoms. The molecule has 0 radical (unpaired) electrons. The maximum Gasteiger partial charge on any atom is 0.232 e. The molecule has 1 heterocycles. The van der Waals surface area contributed by atoms with Gasteiger partial charge in [-0.25, -0.2) is 4.98 Å². The van der Waals surface area contributed by atoms with Crippen LogP contribution < -0.4 is 4.90 Å². The van der Waals surface area contributed by atoms with Crippen molar-refractivity contribution < 1.29 is 4.79 Å². The van der Waals surface area contributed by atoms with Crippen LogP contribution in [0.15, 0.2) is 60.5 Å². The quantitative estimate of drug-likeness (QED) is 0.751. The highest BCUT2D eigenvalue weighted by Crippen LogP contribution is 2.44. The Morgan fingerprint density at radius 1 is 1.29 bits per heavy atom. The Bertz CT molecular complexity index is 780. The topological polar surface area (TPSA) is 33.2 Å².